The van der Waals surface area contributed by atoms with Crippen molar-refractivity contribution in [3.05, 3.63) is 21.0 Å². The van der Waals surface area contributed by atoms with Gasteiger partial charge in [-0.2, -0.15) is 5.10 Å². The average molecular weight is 354 g/mol. The summed E-state index contributed by atoms with van der Waals surface area (Å²) >= 11 is 3.44. The largest absolute Gasteiger partial charge is 0.382 e. The Morgan fingerprint density at radius 3 is 2.95 bits per heavy atom. The molecule has 1 heterocycles. The predicted molar refractivity (Wildman–Crippen MR) is 88.5 cm³/mol. The zero-order chi connectivity index (χ0) is 14.8. The van der Waals surface area contributed by atoms with Crippen molar-refractivity contribution >= 4 is 21.6 Å². The van der Waals surface area contributed by atoms with E-state index in [9.17, 15) is 4.79 Å². The van der Waals surface area contributed by atoms with E-state index in [4.69, 9.17) is 0 Å². The van der Waals surface area contributed by atoms with Gasteiger partial charge in [0.1, 0.15) is 4.47 Å². The number of aryl methyl sites for hydroxylation is 1. The van der Waals surface area contributed by atoms with Crippen LogP contribution in [-0.4, -0.2) is 16.3 Å². The summed E-state index contributed by atoms with van der Waals surface area (Å²) in [6, 6.07) is 0. The van der Waals surface area contributed by atoms with Crippen molar-refractivity contribution in [2.75, 3.05) is 11.9 Å². The van der Waals surface area contributed by atoms with Crippen molar-refractivity contribution < 1.29 is 0 Å². The summed E-state index contributed by atoms with van der Waals surface area (Å²) in [5.41, 5.74) is 0.817. The van der Waals surface area contributed by atoms with Crippen LogP contribution in [0.5, 0.6) is 0 Å². The summed E-state index contributed by atoms with van der Waals surface area (Å²) in [6.07, 6.45) is 9.44. The minimum absolute atomic E-state index is 0.0265. The molecular formula is C16H24BrN3O. The van der Waals surface area contributed by atoms with Crippen LogP contribution >= 0.6 is 15.9 Å². The number of hydrogen-bond donors (Lipinski definition) is 1. The van der Waals surface area contributed by atoms with Crippen molar-refractivity contribution in [2.45, 2.75) is 52.0 Å². The molecule has 2 saturated carbocycles. The standard InChI is InChI=1S/C16H24BrN3O/c1-2-3-6-20-16(21)15(17)14(10-19-20)18-9-13-8-11-4-5-12(13)7-11/h10-13,18H,2-9H2,1H3. The molecule has 0 aromatic carbocycles. The summed E-state index contributed by atoms with van der Waals surface area (Å²) in [5.74, 6) is 2.64. The average Bonchev–Trinajstić information content (AvgIpc) is 3.10. The van der Waals surface area contributed by atoms with Crippen LogP contribution in [0.2, 0.25) is 0 Å². The Bertz CT molecular complexity index is 557. The Labute approximate surface area is 134 Å². The van der Waals surface area contributed by atoms with E-state index in [0.29, 0.717) is 11.0 Å². The van der Waals surface area contributed by atoms with E-state index in [0.717, 1.165) is 42.8 Å². The molecule has 5 heteroatoms. The number of rotatable bonds is 6. The van der Waals surface area contributed by atoms with Gasteiger partial charge in [0.15, 0.2) is 0 Å². The summed E-state index contributed by atoms with van der Waals surface area (Å²) < 4.78 is 2.17. The first kappa shape index (κ1) is 15.1. The zero-order valence-corrected chi connectivity index (χ0v) is 14.2. The van der Waals surface area contributed by atoms with Crippen LogP contribution in [0.1, 0.15) is 45.4 Å². The van der Waals surface area contributed by atoms with E-state index in [-0.39, 0.29) is 5.56 Å². The van der Waals surface area contributed by atoms with Crippen LogP contribution in [0.4, 0.5) is 5.69 Å². The molecule has 3 unspecified atom stereocenters. The van der Waals surface area contributed by atoms with Crippen molar-refractivity contribution in [2.24, 2.45) is 17.8 Å². The van der Waals surface area contributed by atoms with E-state index in [1.54, 1.807) is 10.9 Å². The smallest absolute Gasteiger partial charge is 0.283 e. The van der Waals surface area contributed by atoms with Gasteiger partial charge in [-0.15, -0.1) is 0 Å². The van der Waals surface area contributed by atoms with E-state index in [2.05, 4.69) is 33.3 Å². The van der Waals surface area contributed by atoms with Gasteiger partial charge in [0.2, 0.25) is 0 Å². The third-order valence-electron chi connectivity index (χ3n) is 5.15. The van der Waals surface area contributed by atoms with Gasteiger partial charge in [-0.3, -0.25) is 4.79 Å². The van der Waals surface area contributed by atoms with Crippen LogP contribution < -0.4 is 10.9 Å². The summed E-state index contributed by atoms with van der Waals surface area (Å²) in [4.78, 5) is 12.2. The zero-order valence-electron chi connectivity index (χ0n) is 12.6. The maximum Gasteiger partial charge on any atom is 0.283 e. The topological polar surface area (TPSA) is 46.9 Å². The monoisotopic (exact) mass is 353 g/mol. The fourth-order valence-corrected chi connectivity index (χ4v) is 4.37. The highest BCUT2D eigenvalue weighted by molar-refractivity contribution is 9.10. The highest BCUT2D eigenvalue weighted by Gasteiger charge is 2.39. The normalized spacial score (nSPS) is 27.2. The summed E-state index contributed by atoms with van der Waals surface area (Å²) in [7, 11) is 0. The Morgan fingerprint density at radius 1 is 1.43 bits per heavy atom. The lowest BCUT2D eigenvalue weighted by Gasteiger charge is -2.22. The molecule has 21 heavy (non-hydrogen) atoms. The number of aromatic nitrogens is 2. The first-order chi connectivity index (χ1) is 10.2. The molecule has 1 aromatic heterocycles. The summed E-state index contributed by atoms with van der Waals surface area (Å²) in [6.45, 7) is 3.78. The van der Waals surface area contributed by atoms with Crippen LogP contribution in [0, 0.1) is 17.8 Å². The van der Waals surface area contributed by atoms with Gasteiger partial charge < -0.3 is 5.32 Å². The number of anilines is 1. The number of halogens is 1. The second kappa shape index (κ2) is 6.51. The molecule has 2 aliphatic rings. The Balaban J connectivity index is 1.63. The molecule has 1 aromatic rings. The number of fused-ring (bicyclic) bond motifs is 2. The quantitative estimate of drug-likeness (QED) is 0.848. The Morgan fingerprint density at radius 2 is 2.29 bits per heavy atom. The van der Waals surface area contributed by atoms with Crippen molar-refractivity contribution in [3.8, 4) is 0 Å². The molecule has 0 aliphatic heterocycles. The first-order valence-electron chi connectivity index (χ1n) is 8.18. The Kier molecular flexibility index (Phi) is 4.67. The molecule has 0 amide bonds. The van der Waals surface area contributed by atoms with Crippen LogP contribution in [0.15, 0.2) is 15.5 Å². The molecule has 116 valence electrons. The molecule has 3 atom stereocenters. The van der Waals surface area contributed by atoms with Gasteiger partial charge in [0.25, 0.3) is 5.56 Å². The minimum Gasteiger partial charge on any atom is -0.382 e. The van der Waals surface area contributed by atoms with Crippen molar-refractivity contribution in [1.29, 1.82) is 0 Å². The molecule has 3 rings (SSSR count). The number of nitrogens with one attached hydrogen (secondary N) is 1. The summed E-state index contributed by atoms with van der Waals surface area (Å²) in [5, 5.41) is 7.72. The molecule has 1 N–H and O–H groups in total. The maximum atomic E-state index is 12.2. The molecule has 2 fully saturated rings. The molecule has 4 nitrogen and oxygen atoms in total. The maximum absolute atomic E-state index is 12.2. The fourth-order valence-electron chi connectivity index (χ4n) is 3.92. The number of nitrogens with zero attached hydrogens (tertiary/aromatic N) is 2. The molecule has 0 spiro atoms. The second-order valence-electron chi connectivity index (χ2n) is 6.57. The van der Waals surface area contributed by atoms with Gasteiger partial charge in [-0.05, 0) is 59.4 Å². The predicted octanol–water partition coefficient (Wildman–Crippen LogP) is 3.65. The lowest BCUT2D eigenvalue weighted by molar-refractivity contribution is 0.348. The first-order valence-corrected chi connectivity index (χ1v) is 8.97. The minimum atomic E-state index is -0.0265. The molecule has 2 bridgehead atoms. The van der Waals surface area contributed by atoms with E-state index < -0.39 is 0 Å². The lowest BCUT2D eigenvalue weighted by Crippen LogP contribution is -2.26. The van der Waals surface area contributed by atoms with Crippen LogP contribution in [0.25, 0.3) is 0 Å². The van der Waals surface area contributed by atoms with E-state index in [1.165, 1.54) is 25.7 Å². The van der Waals surface area contributed by atoms with Gasteiger partial charge >= 0.3 is 0 Å². The highest BCUT2D eigenvalue weighted by atomic mass is 79.9. The number of hydrogen-bond acceptors (Lipinski definition) is 3. The van der Waals surface area contributed by atoms with Crippen molar-refractivity contribution in [1.82, 2.24) is 9.78 Å². The van der Waals surface area contributed by atoms with E-state index >= 15 is 0 Å². The Hall–Kier alpha value is -0.840. The highest BCUT2D eigenvalue weighted by Crippen LogP contribution is 2.48. The molecule has 0 saturated heterocycles. The van der Waals surface area contributed by atoms with Crippen molar-refractivity contribution in [3.63, 3.8) is 0 Å². The SMILES string of the molecule is CCCCn1ncc(NCC2CC3CCC2C3)c(Br)c1=O. The van der Waals surface area contributed by atoms with E-state index in [1.807, 2.05) is 0 Å². The van der Waals surface area contributed by atoms with Gasteiger partial charge in [0, 0.05) is 13.1 Å². The third-order valence-corrected chi connectivity index (χ3v) is 5.91. The third kappa shape index (κ3) is 3.17. The van der Waals surface area contributed by atoms with Gasteiger partial charge in [-0.25, -0.2) is 4.68 Å². The van der Waals surface area contributed by atoms with Gasteiger partial charge in [0.05, 0.1) is 11.9 Å². The fraction of sp³-hybridized carbons (Fsp3) is 0.750. The second-order valence-corrected chi connectivity index (χ2v) is 7.36. The number of unbranched alkanes of at least 4 members (excludes halogenated alkanes) is 1. The van der Waals surface area contributed by atoms with Gasteiger partial charge in [-0.1, -0.05) is 19.8 Å². The van der Waals surface area contributed by atoms with Crippen LogP contribution in [-0.2, 0) is 6.54 Å². The van der Waals surface area contributed by atoms with Crippen LogP contribution in [0.3, 0.4) is 0 Å². The molecule has 0 radical (unpaired) electrons. The molecule has 2 aliphatic carbocycles. The molecular weight excluding hydrogens is 330 g/mol. The lowest BCUT2D eigenvalue weighted by atomic mass is 9.89.